The lowest BCUT2D eigenvalue weighted by atomic mass is 10.0. The fourth-order valence-electron chi connectivity index (χ4n) is 3.36. The molecular weight excluding hydrogens is 486 g/mol. The fourth-order valence-corrected chi connectivity index (χ4v) is 3.63. The van der Waals surface area contributed by atoms with E-state index in [-0.39, 0.29) is 23.5 Å². The van der Waals surface area contributed by atoms with Crippen LogP contribution in [0.3, 0.4) is 0 Å². The van der Waals surface area contributed by atoms with Crippen LogP contribution in [-0.2, 0) is 4.79 Å². The molecule has 168 valence electrons. The monoisotopic (exact) mass is 507 g/mol. The van der Waals surface area contributed by atoms with E-state index in [9.17, 15) is 9.59 Å². The molecule has 0 spiro atoms. The standard InChI is InChI=1S/C26H22BrNO5/c1-15-12-21-22(13-16(15)2)33-25(17-4-10-20(31-3)11-5-17)26(24(21)30)32-14-23(29)28-19-8-6-18(27)7-9-19/h4-13H,14H2,1-3H3,(H,28,29). The summed E-state index contributed by atoms with van der Waals surface area (Å²) in [5.41, 5.74) is 3.36. The molecule has 33 heavy (non-hydrogen) atoms. The van der Waals surface area contributed by atoms with Crippen molar-refractivity contribution in [1.82, 2.24) is 0 Å². The third-order valence-corrected chi connectivity index (χ3v) is 5.82. The van der Waals surface area contributed by atoms with Gasteiger partial charge in [0.25, 0.3) is 5.91 Å². The third kappa shape index (κ3) is 4.93. The summed E-state index contributed by atoms with van der Waals surface area (Å²) < 4.78 is 18.0. The SMILES string of the molecule is COc1ccc(-c2oc3cc(C)c(C)cc3c(=O)c2OCC(=O)Nc2ccc(Br)cc2)cc1. The number of carbonyl (C=O) groups is 1. The number of methoxy groups -OCH3 is 1. The number of amides is 1. The van der Waals surface area contributed by atoms with Crippen molar-refractivity contribution < 1.29 is 18.7 Å². The molecule has 0 aliphatic carbocycles. The number of carbonyl (C=O) groups excluding carboxylic acids is 1. The summed E-state index contributed by atoms with van der Waals surface area (Å²) in [5.74, 6) is 0.527. The van der Waals surface area contributed by atoms with Crippen LogP contribution < -0.4 is 20.2 Å². The number of anilines is 1. The molecule has 0 saturated heterocycles. The number of hydrogen-bond acceptors (Lipinski definition) is 5. The van der Waals surface area contributed by atoms with Gasteiger partial charge in [0.1, 0.15) is 11.3 Å². The van der Waals surface area contributed by atoms with E-state index >= 15 is 0 Å². The molecule has 1 heterocycles. The van der Waals surface area contributed by atoms with Gasteiger partial charge in [-0.25, -0.2) is 0 Å². The quantitative estimate of drug-likeness (QED) is 0.353. The second kappa shape index (κ2) is 9.50. The summed E-state index contributed by atoms with van der Waals surface area (Å²) >= 11 is 3.36. The van der Waals surface area contributed by atoms with Crippen LogP contribution in [0, 0.1) is 13.8 Å². The Balaban J connectivity index is 1.71. The van der Waals surface area contributed by atoms with Crippen molar-refractivity contribution in [1.29, 1.82) is 0 Å². The highest BCUT2D eigenvalue weighted by Gasteiger charge is 2.20. The van der Waals surface area contributed by atoms with Gasteiger partial charge in [-0.2, -0.15) is 0 Å². The topological polar surface area (TPSA) is 77.8 Å². The normalized spacial score (nSPS) is 10.8. The predicted molar refractivity (Wildman–Crippen MR) is 132 cm³/mol. The maximum Gasteiger partial charge on any atom is 0.262 e. The Kier molecular flexibility index (Phi) is 6.51. The number of fused-ring (bicyclic) bond motifs is 1. The van der Waals surface area contributed by atoms with Crippen molar-refractivity contribution in [3.05, 3.63) is 86.5 Å². The highest BCUT2D eigenvalue weighted by Crippen LogP contribution is 2.33. The van der Waals surface area contributed by atoms with Gasteiger partial charge in [-0.15, -0.1) is 0 Å². The van der Waals surface area contributed by atoms with Gasteiger partial charge in [0.15, 0.2) is 12.4 Å². The first-order chi connectivity index (χ1) is 15.9. The van der Waals surface area contributed by atoms with Crippen LogP contribution in [0.5, 0.6) is 11.5 Å². The molecule has 1 N–H and O–H groups in total. The molecule has 4 aromatic rings. The highest BCUT2D eigenvalue weighted by molar-refractivity contribution is 9.10. The van der Waals surface area contributed by atoms with Gasteiger partial charge in [0, 0.05) is 15.7 Å². The Morgan fingerprint density at radius 3 is 2.33 bits per heavy atom. The molecule has 1 aromatic heterocycles. The second-order valence-electron chi connectivity index (χ2n) is 7.59. The van der Waals surface area contributed by atoms with E-state index in [1.807, 2.05) is 32.0 Å². The van der Waals surface area contributed by atoms with Crippen LogP contribution in [0.2, 0.25) is 0 Å². The number of benzene rings is 3. The highest BCUT2D eigenvalue weighted by atomic mass is 79.9. The molecule has 0 saturated carbocycles. The Morgan fingerprint density at radius 2 is 1.67 bits per heavy atom. The van der Waals surface area contributed by atoms with Gasteiger partial charge in [-0.05, 0) is 85.6 Å². The average Bonchev–Trinajstić information content (AvgIpc) is 2.81. The van der Waals surface area contributed by atoms with Crippen molar-refractivity contribution in [2.45, 2.75) is 13.8 Å². The number of halogens is 1. The Morgan fingerprint density at radius 1 is 1.00 bits per heavy atom. The average molecular weight is 508 g/mol. The van der Waals surface area contributed by atoms with E-state index in [1.54, 1.807) is 49.6 Å². The Hall–Kier alpha value is -3.58. The van der Waals surface area contributed by atoms with Crippen molar-refractivity contribution in [2.24, 2.45) is 0 Å². The first kappa shape index (κ1) is 22.6. The first-order valence-electron chi connectivity index (χ1n) is 10.3. The molecule has 1 amide bonds. The molecule has 0 atom stereocenters. The molecule has 0 bridgehead atoms. The van der Waals surface area contributed by atoms with Crippen molar-refractivity contribution in [2.75, 3.05) is 19.0 Å². The van der Waals surface area contributed by atoms with E-state index < -0.39 is 5.91 Å². The van der Waals surface area contributed by atoms with Gasteiger partial charge >= 0.3 is 0 Å². The molecule has 0 fully saturated rings. The molecule has 4 rings (SSSR count). The maximum absolute atomic E-state index is 13.4. The molecule has 7 heteroatoms. The van der Waals surface area contributed by atoms with Gasteiger partial charge < -0.3 is 19.2 Å². The van der Waals surface area contributed by atoms with Crippen molar-refractivity contribution in [3.8, 4) is 22.8 Å². The zero-order valence-corrected chi connectivity index (χ0v) is 20.0. The number of hydrogen-bond donors (Lipinski definition) is 1. The zero-order valence-electron chi connectivity index (χ0n) is 18.4. The van der Waals surface area contributed by atoms with E-state index in [1.165, 1.54) is 0 Å². The van der Waals surface area contributed by atoms with E-state index in [0.29, 0.717) is 28.0 Å². The number of aryl methyl sites for hydroxylation is 2. The van der Waals surface area contributed by atoms with E-state index in [2.05, 4.69) is 21.2 Å². The maximum atomic E-state index is 13.4. The molecule has 0 aliphatic rings. The van der Waals surface area contributed by atoms with Crippen LogP contribution >= 0.6 is 15.9 Å². The summed E-state index contributed by atoms with van der Waals surface area (Å²) in [5, 5.41) is 3.15. The minimum absolute atomic E-state index is 0.0122. The van der Waals surface area contributed by atoms with Gasteiger partial charge in [0.2, 0.25) is 11.2 Å². The lowest BCUT2D eigenvalue weighted by Crippen LogP contribution is -2.22. The van der Waals surface area contributed by atoms with Crippen LogP contribution in [0.25, 0.3) is 22.3 Å². The summed E-state index contributed by atoms with van der Waals surface area (Å²) in [6.45, 7) is 3.54. The minimum atomic E-state index is -0.391. The smallest absolute Gasteiger partial charge is 0.262 e. The molecule has 0 aliphatic heterocycles. The fraction of sp³-hybridized carbons (Fsp3) is 0.154. The van der Waals surface area contributed by atoms with E-state index in [4.69, 9.17) is 13.9 Å². The number of rotatable bonds is 6. The minimum Gasteiger partial charge on any atom is -0.497 e. The summed E-state index contributed by atoms with van der Waals surface area (Å²) in [4.78, 5) is 25.8. The third-order valence-electron chi connectivity index (χ3n) is 5.29. The van der Waals surface area contributed by atoms with Crippen LogP contribution in [0.4, 0.5) is 5.69 Å². The number of nitrogens with one attached hydrogen (secondary N) is 1. The molecule has 3 aromatic carbocycles. The Bertz CT molecular complexity index is 1380. The van der Waals surface area contributed by atoms with Crippen molar-refractivity contribution >= 4 is 38.5 Å². The zero-order chi connectivity index (χ0) is 23.5. The second-order valence-corrected chi connectivity index (χ2v) is 8.51. The summed E-state index contributed by atoms with van der Waals surface area (Å²) in [6.07, 6.45) is 0. The van der Waals surface area contributed by atoms with Crippen molar-refractivity contribution in [3.63, 3.8) is 0 Å². The summed E-state index contributed by atoms with van der Waals surface area (Å²) in [7, 11) is 1.58. The Labute approximate surface area is 199 Å². The largest absolute Gasteiger partial charge is 0.497 e. The molecular formula is C26H22BrNO5. The van der Waals surface area contributed by atoms with Crippen LogP contribution in [-0.4, -0.2) is 19.6 Å². The lowest BCUT2D eigenvalue weighted by molar-refractivity contribution is -0.118. The van der Waals surface area contributed by atoms with Crippen LogP contribution in [0.1, 0.15) is 11.1 Å². The van der Waals surface area contributed by atoms with Gasteiger partial charge in [-0.3, -0.25) is 9.59 Å². The molecule has 0 radical (unpaired) electrons. The summed E-state index contributed by atoms with van der Waals surface area (Å²) in [6, 6.07) is 17.9. The van der Waals surface area contributed by atoms with E-state index in [0.717, 1.165) is 15.6 Å². The number of ether oxygens (including phenoxy) is 2. The van der Waals surface area contributed by atoms with Gasteiger partial charge in [-0.1, -0.05) is 15.9 Å². The first-order valence-corrected chi connectivity index (χ1v) is 11.1. The van der Waals surface area contributed by atoms with Gasteiger partial charge in [0.05, 0.1) is 12.5 Å². The molecule has 6 nitrogen and oxygen atoms in total. The molecule has 0 unspecified atom stereocenters. The lowest BCUT2D eigenvalue weighted by Gasteiger charge is -2.13. The van der Waals surface area contributed by atoms with Crippen LogP contribution in [0.15, 0.2) is 74.3 Å². The predicted octanol–water partition coefficient (Wildman–Crippen LogP) is 5.87.